The molecule has 0 fully saturated rings. The molecule has 1 heterocycles. The Bertz CT molecular complexity index is 783. The van der Waals surface area contributed by atoms with Crippen LogP contribution in [0.2, 0.25) is 0 Å². The van der Waals surface area contributed by atoms with E-state index < -0.39 is 0 Å². The van der Waals surface area contributed by atoms with Crippen LogP contribution in [0, 0.1) is 11.3 Å². The summed E-state index contributed by atoms with van der Waals surface area (Å²) in [5.74, 6) is 1.60. The van der Waals surface area contributed by atoms with Crippen LogP contribution in [0.3, 0.4) is 0 Å². The van der Waals surface area contributed by atoms with Crippen molar-refractivity contribution in [1.29, 1.82) is 5.26 Å². The summed E-state index contributed by atoms with van der Waals surface area (Å²) in [5, 5.41) is 12.6. The summed E-state index contributed by atoms with van der Waals surface area (Å²) < 4.78 is 17.0. The number of rotatable bonds is 8. The molecule has 8 heteroatoms. The molecule has 0 aliphatic carbocycles. The molecule has 0 aliphatic heterocycles. The van der Waals surface area contributed by atoms with E-state index in [9.17, 15) is 5.26 Å². The van der Waals surface area contributed by atoms with Crippen LogP contribution in [-0.4, -0.2) is 39.4 Å². The quantitative estimate of drug-likeness (QED) is 0.579. The smallest absolute Gasteiger partial charge is 0.203 e. The maximum atomic E-state index is 9.36. The number of halogens is 1. The number of methoxy groups -OCH3 is 3. The van der Waals surface area contributed by atoms with Crippen LogP contribution in [0.25, 0.3) is 11.1 Å². The number of H-pyrrole nitrogens is 1. The predicted octanol–water partition coefficient (Wildman–Crippen LogP) is 2.39. The summed E-state index contributed by atoms with van der Waals surface area (Å²) in [4.78, 5) is 3.14. The van der Waals surface area contributed by atoms with Gasteiger partial charge in [-0.25, -0.2) is 0 Å². The van der Waals surface area contributed by atoms with Gasteiger partial charge in [0.25, 0.3) is 0 Å². The van der Waals surface area contributed by atoms with Crippen LogP contribution >= 0.6 is 15.9 Å². The Morgan fingerprint density at radius 3 is 2.48 bits per heavy atom. The number of benzene rings is 1. The van der Waals surface area contributed by atoms with E-state index in [0.717, 1.165) is 16.8 Å². The van der Waals surface area contributed by atoms with E-state index in [-0.39, 0.29) is 0 Å². The largest absolute Gasteiger partial charge is 0.493 e. The fourth-order valence-electron chi connectivity index (χ4n) is 2.63. The van der Waals surface area contributed by atoms with Crippen molar-refractivity contribution in [2.24, 2.45) is 5.73 Å². The van der Waals surface area contributed by atoms with E-state index in [1.807, 2.05) is 6.07 Å². The second kappa shape index (κ2) is 8.76. The van der Waals surface area contributed by atoms with E-state index in [2.05, 4.69) is 32.3 Å². The molecule has 0 bridgehead atoms. The average molecular weight is 409 g/mol. The first kappa shape index (κ1) is 19.1. The first-order chi connectivity index (χ1) is 12.1. The minimum absolute atomic E-state index is 0.441. The van der Waals surface area contributed by atoms with Crippen LogP contribution in [0.15, 0.2) is 16.6 Å². The van der Waals surface area contributed by atoms with Crippen molar-refractivity contribution in [3.8, 4) is 34.4 Å². The van der Waals surface area contributed by atoms with E-state index in [0.29, 0.717) is 47.0 Å². The van der Waals surface area contributed by atoms with Gasteiger partial charge in [-0.3, -0.25) is 0 Å². The van der Waals surface area contributed by atoms with Crippen LogP contribution < -0.4 is 25.3 Å². The molecule has 1 aromatic heterocycles. The zero-order chi connectivity index (χ0) is 18.4. The summed E-state index contributed by atoms with van der Waals surface area (Å²) in [6.07, 6.45) is 0. The van der Waals surface area contributed by atoms with E-state index >= 15 is 0 Å². The molecule has 0 radical (unpaired) electrons. The minimum Gasteiger partial charge on any atom is -0.493 e. The number of nitriles is 1. The molecule has 0 unspecified atom stereocenters. The third kappa shape index (κ3) is 3.74. The highest BCUT2D eigenvalue weighted by Crippen LogP contribution is 2.47. The Kier molecular flexibility index (Phi) is 6.70. The summed E-state index contributed by atoms with van der Waals surface area (Å²) in [6.45, 7) is 1.73. The highest BCUT2D eigenvalue weighted by molar-refractivity contribution is 9.10. The highest BCUT2D eigenvalue weighted by atomic mass is 79.9. The van der Waals surface area contributed by atoms with Gasteiger partial charge in [0.15, 0.2) is 11.5 Å². The van der Waals surface area contributed by atoms with Gasteiger partial charge in [0.2, 0.25) is 5.75 Å². The maximum absolute atomic E-state index is 9.36. The molecule has 25 heavy (non-hydrogen) atoms. The van der Waals surface area contributed by atoms with Gasteiger partial charge in [-0.2, -0.15) is 5.26 Å². The lowest BCUT2D eigenvalue weighted by molar-refractivity contribution is 0.325. The molecule has 0 atom stereocenters. The van der Waals surface area contributed by atoms with Gasteiger partial charge >= 0.3 is 0 Å². The van der Waals surface area contributed by atoms with Gasteiger partial charge in [-0.15, -0.1) is 0 Å². The van der Waals surface area contributed by atoms with Crippen molar-refractivity contribution in [2.75, 3.05) is 34.4 Å². The van der Waals surface area contributed by atoms with Gasteiger partial charge in [-0.05, 0) is 28.1 Å². The summed E-state index contributed by atoms with van der Waals surface area (Å²) in [5.41, 5.74) is 8.44. The molecule has 4 N–H and O–H groups in total. The Hall–Kier alpha value is -2.21. The fraction of sp³-hybridized carbons (Fsp3) is 0.353. The van der Waals surface area contributed by atoms with Crippen molar-refractivity contribution in [1.82, 2.24) is 10.3 Å². The molecule has 0 saturated carbocycles. The zero-order valence-electron chi connectivity index (χ0n) is 14.4. The van der Waals surface area contributed by atoms with Crippen molar-refractivity contribution in [3.05, 3.63) is 28.0 Å². The SMILES string of the molecule is COc1ccc(-c2c(CNCCN)[nH]c(C#N)c2Br)c(OC)c1OC. The number of nitrogens with one attached hydrogen (secondary N) is 2. The molecule has 0 aliphatic rings. The lowest BCUT2D eigenvalue weighted by Gasteiger charge is -2.16. The molecule has 7 nitrogen and oxygen atoms in total. The standard InChI is InChI=1S/C17H21BrN4O3/c1-23-13-5-4-10(16(24-2)17(13)25-3)14-12(9-21-7-6-19)22-11(8-20)15(14)18/h4-5,21-22H,6-7,9,19H2,1-3H3. The Balaban J connectivity index is 2.64. The van der Waals surface area contributed by atoms with E-state index in [4.69, 9.17) is 19.9 Å². The molecular formula is C17H21BrN4O3. The zero-order valence-corrected chi connectivity index (χ0v) is 16.0. The van der Waals surface area contributed by atoms with E-state index in [1.165, 1.54) is 0 Å². The molecule has 134 valence electrons. The molecular weight excluding hydrogens is 388 g/mol. The highest BCUT2D eigenvalue weighted by Gasteiger charge is 2.24. The summed E-state index contributed by atoms with van der Waals surface area (Å²) >= 11 is 3.52. The molecule has 1 aromatic carbocycles. The molecule has 0 amide bonds. The second-order valence-electron chi connectivity index (χ2n) is 5.13. The number of aromatic nitrogens is 1. The second-order valence-corrected chi connectivity index (χ2v) is 5.92. The van der Waals surface area contributed by atoms with Crippen LogP contribution in [0.4, 0.5) is 0 Å². The van der Waals surface area contributed by atoms with Crippen molar-refractivity contribution in [2.45, 2.75) is 6.54 Å². The van der Waals surface area contributed by atoms with Crippen LogP contribution in [-0.2, 0) is 6.54 Å². The third-order valence-electron chi connectivity index (χ3n) is 3.72. The number of hydrogen-bond acceptors (Lipinski definition) is 6. The molecule has 0 spiro atoms. The Morgan fingerprint density at radius 2 is 1.92 bits per heavy atom. The Morgan fingerprint density at radius 1 is 1.20 bits per heavy atom. The third-order valence-corrected chi connectivity index (χ3v) is 4.52. The van der Waals surface area contributed by atoms with E-state index in [1.54, 1.807) is 27.4 Å². The Labute approximate surface area is 155 Å². The van der Waals surface area contributed by atoms with Crippen molar-refractivity contribution < 1.29 is 14.2 Å². The summed E-state index contributed by atoms with van der Waals surface area (Å²) in [7, 11) is 4.69. The number of nitrogens with two attached hydrogens (primary N) is 1. The number of hydrogen-bond donors (Lipinski definition) is 3. The topological polar surface area (TPSA) is 105 Å². The van der Waals surface area contributed by atoms with Crippen molar-refractivity contribution >= 4 is 15.9 Å². The van der Waals surface area contributed by atoms with Crippen molar-refractivity contribution in [3.63, 3.8) is 0 Å². The van der Waals surface area contributed by atoms with Gasteiger partial charge in [0, 0.05) is 36.5 Å². The predicted molar refractivity (Wildman–Crippen MR) is 99.1 cm³/mol. The maximum Gasteiger partial charge on any atom is 0.203 e. The van der Waals surface area contributed by atoms with Gasteiger partial charge in [0.1, 0.15) is 11.8 Å². The van der Waals surface area contributed by atoms with Gasteiger partial charge in [0.05, 0.1) is 25.8 Å². The minimum atomic E-state index is 0.441. The number of nitrogens with zero attached hydrogens (tertiary/aromatic N) is 1. The first-order valence-electron chi connectivity index (χ1n) is 7.63. The average Bonchev–Trinajstić information content (AvgIpc) is 2.95. The monoisotopic (exact) mass is 408 g/mol. The van der Waals surface area contributed by atoms with Gasteiger partial charge in [-0.1, -0.05) is 0 Å². The lowest BCUT2D eigenvalue weighted by atomic mass is 10.0. The van der Waals surface area contributed by atoms with Crippen LogP contribution in [0.5, 0.6) is 17.2 Å². The lowest BCUT2D eigenvalue weighted by Crippen LogP contribution is -2.22. The first-order valence-corrected chi connectivity index (χ1v) is 8.42. The molecule has 2 rings (SSSR count). The van der Waals surface area contributed by atoms with Gasteiger partial charge < -0.3 is 30.2 Å². The molecule has 0 saturated heterocycles. The normalized spacial score (nSPS) is 10.4. The number of aromatic amines is 1. The number of ether oxygens (including phenoxy) is 3. The fourth-order valence-corrected chi connectivity index (χ4v) is 3.27. The van der Waals surface area contributed by atoms with Crippen LogP contribution in [0.1, 0.15) is 11.4 Å². The summed E-state index contributed by atoms with van der Waals surface area (Å²) in [6, 6.07) is 5.83. The molecule has 2 aromatic rings.